The number of para-hydroxylation sites is 2. The van der Waals surface area contributed by atoms with Crippen LogP contribution in [0.1, 0.15) is 13.3 Å². The standard InChI is InChI=1S/C15H21N3O4/c1-11(19)16-7-4-8-17-15(20)18-9-12-10-21-13-5-2-3-6-14(13)22-12/h2-3,5-6,12H,4,7-10H2,1H3,(H,16,19)(H2,17,18,20)/t12-/m0/s1. The molecule has 22 heavy (non-hydrogen) atoms. The van der Waals surface area contributed by atoms with Crippen molar-refractivity contribution in [3.8, 4) is 11.5 Å². The molecule has 0 saturated carbocycles. The molecule has 0 radical (unpaired) electrons. The summed E-state index contributed by atoms with van der Waals surface area (Å²) in [5.41, 5.74) is 0. The number of carbonyl (C=O) groups excluding carboxylic acids is 2. The van der Waals surface area contributed by atoms with E-state index in [1.807, 2.05) is 24.3 Å². The topological polar surface area (TPSA) is 88.7 Å². The largest absolute Gasteiger partial charge is 0.486 e. The number of hydrogen-bond acceptors (Lipinski definition) is 4. The Bertz CT molecular complexity index is 521. The van der Waals surface area contributed by atoms with Gasteiger partial charge in [0.25, 0.3) is 0 Å². The van der Waals surface area contributed by atoms with Gasteiger partial charge in [-0.15, -0.1) is 0 Å². The highest BCUT2D eigenvalue weighted by Crippen LogP contribution is 2.30. The van der Waals surface area contributed by atoms with Gasteiger partial charge >= 0.3 is 6.03 Å². The fraction of sp³-hybridized carbons (Fsp3) is 0.467. The molecule has 0 fully saturated rings. The summed E-state index contributed by atoms with van der Waals surface area (Å²) in [5, 5.41) is 8.12. The minimum Gasteiger partial charge on any atom is -0.486 e. The number of nitrogens with one attached hydrogen (secondary N) is 3. The van der Waals surface area contributed by atoms with E-state index in [2.05, 4.69) is 16.0 Å². The van der Waals surface area contributed by atoms with Crippen molar-refractivity contribution < 1.29 is 19.1 Å². The van der Waals surface area contributed by atoms with E-state index in [4.69, 9.17) is 9.47 Å². The second-order valence-electron chi connectivity index (χ2n) is 4.97. The van der Waals surface area contributed by atoms with Gasteiger partial charge in [-0.25, -0.2) is 4.79 Å². The number of rotatable bonds is 6. The van der Waals surface area contributed by atoms with Gasteiger partial charge in [-0.1, -0.05) is 12.1 Å². The molecule has 2 rings (SSSR count). The molecule has 3 N–H and O–H groups in total. The summed E-state index contributed by atoms with van der Waals surface area (Å²) >= 11 is 0. The van der Waals surface area contributed by atoms with Crippen molar-refractivity contribution in [2.75, 3.05) is 26.2 Å². The Morgan fingerprint density at radius 1 is 1.14 bits per heavy atom. The van der Waals surface area contributed by atoms with Crippen LogP contribution in [0.15, 0.2) is 24.3 Å². The average molecular weight is 307 g/mol. The van der Waals surface area contributed by atoms with E-state index in [-0.39, 0.29) is 18.0 Å². The molecule has 0 bridgehead atoms. The molecule has 120 valence electrons. The molecule has 1 aliphatic heterocycles. The lowest BCUT2D eigenvalue weighted by Gasteiger charge is -2.26. The van der Waals surface area contributed by atoms with Crippen LogP contribution >= 0.6 is 0 Å². The maximum Gasteiger partial charge on any atom is 0.314 e. The predicted octanol–water partition coefficient (Wildman–Crippen LogP) is 0.652. The summed E-state index contributed by atoms with van der Waals surface area (Å²) in [4.78, 5) is 22.3. The number of benzene rings is 1. The van der Waals surface area contributed by atoms with Crippen molar-refractivity contribution in [2.24, 2.45) is 0 Å². The molecule has 3 amide bonds. The third-order valence-corrected chi connectivity index (χ3v) is 3.07. The monoisotopic (exact) mass is 307 g/mol. The number of amides is 3. The Labute approximate surface area is 129 Å². The normalized spacial score (nSPS) is 15.8. The number of carbonyl (C=O) groups is 2. The van der Waals surface area contributed by atoms with E-state index < -0.39 is 0 Å². The zero-order valence-corrected chi connectivity index (χ0v) is 12.6. The highest BCUT2D eigenvalue weighted by molar-refractivity contribution is 5.74. The second kappa shape index (κ2) is 8.11. The van der Waals surface area contributed by atoms with E-state index in [0.717, 1.165) is 5.75 Å². The van der Waals surface area contributed by atoms with Crippen LogP contribution in [0, 0.1) is 0 Å². The van der Waals surface area contributed by atoms with Crippen molar-refractivity contribution in [1.29, 1.82) is 0 Å². The van der Waals surface area contributed by atoms with Crippen LogP contribution in [0.4, 0.5) is 4.79 Å². The molecule has 0 aliphatic carbocycles. The lowest BCUT2D eigenvalue weighted by atomic mass is 10.2. The van der Waals surface area contributed by atoms with Crippen LogP contribution in [-0.4, -0.2) is 44.3 Å². The van der Waals surface area contributed by atoms with Gasteiger partial charge in [-0.3, -0.25) is 4.79 Å². The lowest BCUT2D eigenvalue weighted by Crippen LogP contribution is -2.44. The Morgan fingerprint density at radius 3 is 2.64 bits per heavy atom. The van der Waals surface area contributed by atoms with Gasteiger partial charge in [0.05, 0.1) is 6.54 Å². The van der Waals surface area contributed by atoms with Gasteiger partial charge in [-0.2, -0.15) is 0 Å². The van der Waals surface area contributed by atoms with Crippen molar-refractivity contribution in [3.63, 3.8) is 0 Å². The molecule has 1 aromatic carbocycles. The molecule has 7 nitrogen and oxygen atoms in total. The Morgan fingerprint density at radius 2 is 1.86 bits per heavy atom. The Balaban J connectivity index is 1.60. The van der Waals surface area contributed by atoms with Gasteiger partial charge in [0, 0.05) is 20.0 Å². The third-order valence-electron chi connectivity index (χ3n) is 3.07. The van der Waals surface area contributed by atoms with Gasteiger partial charge < -0.3 is 25.4 Å². The van der Waals surface area contributed by atoms with Crippen LogP contribution in [0.2, 0.25) is 0 Å². The molecule has 1 atom stereocenters. The molecular weight excluding hydrogens is 286 g/mol. The average Bonchev–Trinajstić information content (AvgIpc) is 2.52. The second-order valence-corrected chi connectivity index (χ2v) is 4.97. The first-order valence-corrected chi connectivity index (χ1v) is 7.30. The van der Waals surface area contributed by atoms with Gasteiger partial charge in [-0.05, 0) is 18.6 Å². The first kappa shape index (κ1) is 15.9. The number of hydrogen-bond donors (Lipinski definition) is 3. The summed E-state index contributed by atoms with van der Waals surface area (Å²) < 4.78 is 11.3. The number of ether oxygens (including phenoxy) is 2. The Kier molecular flexibility index (Phi) is 5.88. The zero-order chi connectivity index (χ0) is 15.8. The van der Waals surface area contributed by atoms with Crippen molar-refractivity contribution in [1.82, 2.24) is 16.0 Å². The molecule has 0 aromatic heterocycles. The van der Waals surface area contributed by atoms with E-state index in [9.17, 15) is 9.59 Å². The first-order chi connectivity index (χ1) is 10.6. The maximum absolute atomic E-state index is 11.6. The van der Waals surface area contributed by atoms with Gasteiger partial charge in [0.15, 0.2) is 17.6 Å². The summed E-state index contributed by atoms with van der Waals surface area (Å²) in [6, 6.07) is 7.18. The van der Waals surface area contributed by atoms with Crippen molar-refractivity contribution >= 4 is 11.9 Å². The number of urea groups is 1. The molecule has 1 aromatic rings. The van der Waals surface area contributed by atoms with Crippen molar-refractivity contribution in [2.45, 2.75) is 19.4 Å². The van der Waals surface area contributed by atoms with Gasteiger partial charge in [0.2, 0.25) is 5.91 Å². The van der Waals surface area contributed by atoms with E-state index in [1.165, 1.54) is 6.92 Å². The number of fused-ring (bicyclic) bond motifs is 1. The van der Waals surface area contributed by atoms with Crippen molar-refractivity contribution in [3.05, 3.63) is 24.3 Å². The van der Waals surface area contributed by atoms with Gasteiger partial charge in [0.1, 0.15) is 6.61 Å². The summed E-state index contributed by atoms with van der Waals surface area (Å²) in [5.74, 6) is 1.34. The maximum atomic E-state index is 11.6. The van der Waals surface area contributed by atoms with Crippen LogP contribution in [0.5, 0.6) is 11.5 Å². The first-order valence-electron chi connectivity index (χ1n) is 7.30. The van der Waals surface area contributed by atoms with Crippen LogP contribution in [-0.2, 0) is 4.79 Å². The van der Waals surface area contributed by atoms with Crippen LogP contribution in [0.3, 0.4) is 0 Å². The molecule has 1 heterocycles. The summed E-state index contributed by atoms with van der Waals surface area (Å²) in [6.07, 6.45) is 0.476. The quantitative estimate of drug-likeness (QED) is 0.673. The summed E-state index contributed by atoms with van der Waals surface area (Å²) in [6.45, 7) is 3.28. The lowest BCUT2D eigenvalue weighted by molar-refractivity contribution is -0.118. The highest BCUT2D eigenvalue weighted by Gasteiger charge is 2.20. The molecular formula is C15H21N3O4. The SMILES string of the molecule is CC(=O)NCCCNC(=O)NC[C@H]1COc2ccccc2O1. The van der Waals surface area contributed by atoms with E-state index in [1.54, 1.807) is 0 Å². The minimum absolute atomic E-state index is 0.0702. The third kappa shape index (κ3) is 5.16. The molecule has 1 aliphatic rings. The predicted molar refractivity (Wildman–Crippen MR) is 81.1 cm³/mol. The fourth-order valence-corrected chi connectivity index (χ4v) is 1.99. The summed E-state index contributed by atoms with van der Waals surface area (Å²) in [7, 11) is 0. The minimum atomic E-state index is -0.259. The smallest absolute Gasteiger partial charge is 0.314 e. The van der Waals surface area contributed by atoms with Crippen LogP contribution < -0.4 is 25.4 Å². The molecule has 0 unspecified atom stereocenters. The fourth-order valence-electron chi connectivity index (χ4n) is 1.99. The van der Waals surface area contributed by atoms with Crippen LogP contribution in [0.25, 0.3) is 0 Å². The Hall–Kier alpha value is -2.44. The van der Waals surface area contributed by atoms with E-state index >= 15 is 0 Å². The zero-order valence-electron chi connectivity index (χ0n) is 12.6. The molecule has 0 saturated heterocycles. The molecule has 0 spiro atoms. The molecule has 7 heteroatoms. The highest BCUT2D eigenvalue weighted by atomic mass is 16.6. The van der Waals surface area contributed by atoms with E-state index in [0.29, 0.717) is 38.4 Å².